The number of hydrogen-bond donors (Lipinski definition) is 3. The lowest BCUT2D eigenvalue weighted by atomic mass is 10.1. The Morgan fingerprint density at radius 2 is 1.12 bits per heavy atom. The summed E-state index contributed by atoms with van der Waals surface area (Å²) in [6, 6.07) is 0. The minimum absolute atomic E-state index is 0.109. The molecule has 0 aromatic carbocycles. The SMILES string of the molecule is CCCCC/C=C\C/C=C\C/C=C\CCCCCCC(=O)O[C@H](COC(=O)CCCC1OC1C/C=C\C/C=C\C/C=C\CCCCC)COP(=O)(O)OC[C@@H](O)CO. The van der Waals surface area contributed by atoms with E-state index in [1.807, 2.05) is 0 Å². The Bertz CT molecular complexity index is 1260. The average molecular weight is 837 g/mol. The van der Waals surface area contributed by atoms with Crippen molar-refractivity contribution in [1.82, 2.24) is 0 Å². The number of phosphoric acid groups is 1. The van der Waals surface area contributed by atoms with Gasteiger partial charge in [-0.1, -0.05) is 125 Å². The van der Waals surface area contributed by atoms with E-state index >= 15 is 0 Å². The van der Waals surface area contributed by atoms with Gasteiger partial charge in [-0.2, -0.15) is 0 Å². The molecule has 1 heterocycles. The van der Waals surface area contributed by atoms with Crippen LogP contribution in [0.1, 0.15) is 155 Å². The summed E-state index contributed by atoms with van der Waals surface area (Å²) in [4.78, 5) is 35.1. The maximum atomic E-state index is 12.6. The summed E-state index contributed by atoms with van der Waals surface area (Å²) in [5.74, 6) is -1.03. The molecule has 3 unspecified atom stereocenters. The van der Waals surface area contributed by atoms with E-state index in [-0.39, 0.29) is 31.7 Å². The largest absolute Gasteiger partial charge is 0.472 e. The van der Waals surface area contributed by atoms with Crippen molar-refractivity contribution in [2.24, 2.45) is 0 Å². The molecule has 1 rings (SSSR count). The van der Waals surface area contributed by atoms with Crippen molar-refractivity contribution < 1.29 is 52.5 Å². The van der Waals surface area contributed by atoms with Crippen LogP contribution in [-0.2, 0) is 37.4 Å². The first-order chi connectivity index (χ1) is 28.2. The van der Waals surface area contributed by atoms with E-state index in [0.29, 0.717) is 12.8 Å². The molecular weight excluding hydrogens is 759 g/mol. The summed E-state index contributed by atoms with van der Waals surface area (Å²) < 4.78 is 38.5. The van der Waals surface area contributed by atoms with Crippen molar-refractivity contribution in [1.29, 1.82) is 0 Å². The predicted molar refractivity (Wildman–Crippen MR) is 232 cm³/mol. The Balaban J connectivity index is 2.33. The summed E-state index contributed by atoms with van der Waals surface area (Å²) in [5, 5.41) is 18.4. The van der Waals surface area contributed by atoms with Crippen LogP contribution in [0.2, 0.25) is 0 Å². The predicted octanol–water partition coefficient (Wildman–Crippen LogP) is 10.7. The molecule has 5 atom stereocenters. The van der Waals surface area contributed by atoms with E-state index in [4.69, 9.17) is 23.8 Å². The van der Waals surface area contributed by atoms with Crippen LogP contribution in [0.15, 0.2) is 72.9 Å². The Morgan fingerprint density at radius 1 is 0.621 bits per heavy atom. The molecule has 0 aromatic rings. The summed E-state index contributed by atoms with van der Waals surface area (Å²) in [7, 11) is -4.65. The van der Waals surface area contributed by atoms with Crippen LogP contribution in [-0.4, -0.2) is 77.9 Å². The fourth-order valence-electron chi connectivity index (χ4n) is 5.73. The molecule has 58 heavy (non-hydrogen) atoms. The quantitative estimate of drug-likeness (QED) is 0.0178. The highest BCUT2D eigenvalue weighted by atomic mass is 31.2. The molecule has 1 saturated heterocycles. The molecule has 3 N–H and O–H groups in total. The lowest BCUT2D eigenvalue weighted by Crippen LogP contribution is -2.29. The molecule has 11 nitrogen and oxygen atoms in total. The van der Waals surface area contributed by atoms with Gasteiger partial charge in [0.2, 0.25) is 0 Å². The number of aliphatic hydroxyl groups excluding tert-OH is 2. The first-order valence-electron chi connectivity index (χ1n) is 22.0. The van der Waals surface area contributed by atoms with Gasteiger partial charge in [0.1, 0.15) is 12.7 Å². The van der Waals surface area contributed by atoms with Crippen LogP contribution >= 0.6 is 7.82 Å². The number of esters is 2. The summed E-state index contributed by atoms with van der Waals surface area (Å²) >= 11 is 0. The number of epoxide rings is 1. The number of allylic oxidation sites excluding steroid dienone is 11. The van der Waals surface area contributed by atoms with E-state index in [0.717, 1.165) is 77.0 Å². The number of carbonyl (C=O) groups excluding carboxylic acids is 2. The maximum Gasteiger partial charge on any atom is 0.472 e. The zero-order valence-electron chi connectivity index (χ0n) is 35.7. The minimum Gasteiger partial charge on any atom is -0.462 e. The molecule has 0 saturated carbocycles. The highest BCUT2D eigenvalue weighted by Crippen LogP contribution is 2.43. The minimum atomic E-state index is -4.65. The van der Waals surface area contributed by atoms with Gasteiger partial charge in [0.25, 0.3) is 0 Å². The molecule has 1 aliphatic rings. The molecule has 1 aliphatic heterocycles. The third-order valence-corrected chi connectivity index (χ3v) is 10.2. The van der Waals surface area contributed by atoms with Crippen LogP contribution in [0.5, 0.6) is 0 Å². The smallest absolute Gasteiger partial charge is 0.462 e. The van der Waals surface area contributed by atoms with Gasteiger partial charge < -0.3 is 29.3 Å². The molecule has 332 valence electrons. The monoisotopic (exact) mass is 837 g/mol. The molecule has 0 spiro atoms. The number of unbranched alkanes of at least 4 members (excludes halogenated alkanes) is 10. The Labute approximate surface area is 350 Å². The van der Waals surface area contributed by atoms with Crippen LogP contribution < -0.4 is 0 Å². The van der Waals surface area contributed by atoms with Gasteiger partial charge in [-0.15, -0.1) is 0 Å². The van der Waals surface area contributed by atoms with Gasteiger partial charge in [0.15, 0.2) is 6.10 Å². The fourth-order valence-corrected chi connectivity index (χ4v) is 6.52. The lowest BCUT2D eigenvalue weighted by molar-refractivity contribution is -0.161. The number of ether oxygens (including phenoxy) is 3. The van der Waals surface area contributed by atoms with Gasteiger partial charge in [-0.25, -0.2) is 4.57 Å². The lowest BCUT2D eigenvalue weighted by Gasteiger charge is -2.20. The van der Waals surface area contributed by atoms with E-state index in [9.17, 15) is 24.2 Å². The van der Waals surface area contributed by atoms with E-state index in [1.165, 1.54) is 38.5 Å². The highest BCUT2D eigenvalue weighted by Gasteiger charge is 2.36. The Hall–Kier alpha value is -2.63. The standard InChI is InChI=1S/C46H77O11P/c1-3-5-7-9-11-13-15-17-18-19-20-21-23-25-27-29-31-35-46(50)56-42(40-55-58(51,52)54-38-41(48)37-47)39-53-45(49)36-32-34-44-43(57-44)33-30-28-26-24-22-16-14-12-10-8-6-4-2/h11-14,17-18,20-22,24,28,30,41-44,47-48H,3-10,15-16,19,23,25-27,29,31-40H2,1-2H3,(H,51,52)/b13-11-,14-12-,18-17-,21-20-,24-22-,30-28-/t41-,42+,43?,44?/m0/s1. The first-order valence-corrected chi connectivity index (χ1v) is 23.5. The third-order valence-electron chi connectivity index (χ3n) is 9.26. The van der Waals surface area contributed by atoms with Gasteiger partial charge in [0, 0.05) is 12.8 Å². The number of carbonyl (C=O) groups is 2. The van der Waals surface area contributed by atoms with Crippen molar-refractivity contribution in [2.45, 2.75) is 180 Å². The van der Waals surface area contributed by atoms with E-state index in [1.54, 1.807) is 0 Å². The fraction of sp³-hybridized carbons (Fsp3) is 0.696. The normalized spacial score (nSPS) is 18.0. The molecule has 1 fully saturated rings. The van der Waals surface area contributed by atoms with Crippen molar-refractivity contribution in [2.75, 3.05) is 26.4 Å². The first kappa shape index (κ1) is 53.4. The molecule has 0 amide bonds. The topological polar surface area (TPSA) is 161 Å². The average Bonchev–Trinajstić information content (AvgIpc) is 3.97. The van der Waals surface area contributed by atoms with Gasteiger partial charge in [0.05, 0.1) is 32.0 Å². The summed E-state index contributed by atoms with van der Waals surface area (Å²) in [5.41, 5.74) is 0. The van der Waals surface area contributed by atoms with Crippen LogP contribution in [0.4, 0.5) is 0 Å². The molecular formula is C46H77O11P. The number of hydrogen-bond acceptors (Lipinski definition) is 10. The molecule has 0 radical (unpaired) electrons. The van der Waals surface area contributed by atoms with Crippen LogP contribution in [0.25, 0.3) is 0 Å². The van der Waals surface area contributed by atoms with E-state index in [2.05, 4.69) is 91.3 Å². The van der Waals surface area contributed by atoms with E-state index < -0.39 is 51.8 Å². The van der Waals surface area contributed by atoms with Crippen LogP contribution in [0.3, 0.4) is 0 Å². The second kappa shape index (κ2) is 37.4. The Morgan fingerprint density at radius 3 is 1.69 bits per heavy atom. The van der Waals surface area contributed by atoms with Crippen molar-refractivity contribution in [3.05, 3.63) is 72.9 Å². The number of aliphatic hydroxyl groups is 2. The number of phosphoric ester groups is 1. The highest BCUT2D eigenvalue weighted by molar-refractivity contribution is 7.47. The third kappa shape index (κ3) is 34.3. The second-order valence-electron chi connectivity index (χ2n) is 14.7. The summed E-state index contributed by atoms with van der Waals surface area (Å²) in [6.45, 7) is 2.20. The van der Waals surface area contributed by atoms with Crippen molar-refractivity contribution in [3.63, 3.8) is 0 Å². The van der Waals surface area contributed by atoms with Crippen molar-refractivity contribution >= 4 is 19.8 Å². The Kier molecular flexibility index (Phi) is 34.4. The van der Waals surface area contributed by atoms with Gasteiger partial charge >= 0.3 is 19.8 Å². The molecule has 0 aliphatic carbocycles. The maximum absolute atomic E-state index is 12.6. The summed E-state index contributed by atoms with van der Waals surface area (Å²) in [6.07, 6.45) is 44.5. The van der Waals surface area contributed by atoms with Crippen LogP contribution in [0, 0.1) is 0 Å². The molecule has 12 heteroatoms. The zero-order valence-corrected chi connectivity index (χ0v) is 36.6. The van der Waals surface area contributed by atoms with Gasteiger partial charge in [-0.05, 0) is 89.9 Å². The van der Waals surface area contributed by atoms with Crippen molar-refractivity contribution in [3.8, 4) is 0 Å². The number of rotatable bonds is 39. The molecule has 0 aromatic heterocycles. The zero-order chi connectivity index (χ0) is 42.4. The molecule has 0 bridgehead atoms. The second-order valence-corrected chi connectivity index (χ2v) is 16.2. The van der Waals surface area contributed by atoms with Gasteiger partial charge in [-0.3, -0.25) is 18.6 Å².